The highest BCUT2D eigenvalue weighted by molar-refractivity contribution is 7.25. The van der Waals surface area contributed by atoms with Crippen molar-refractivity contribution in [1.29, 1.82) is 0 Å². The molecule has 3 heterocycles. The monoisotopic (exact) mass is 735 g/mol. The number of benzene rings is 3. The molecule has 0 saturated carbocycles. The quantitative estimate of drug-likeness (QED) is 0.0951. The van der Waals surface area contributed by atoms with E-state index in [0.717, 1.165) is 65.1 Å². The van der Waals surface area contributed by atoms with Crippen LogP contribution in [-0.4, -0.2) is 84.6 Å². The topological polar surface area (TPSA) is 132 Å². The molecular weight excluding hydrogens is 687 g/mol. The first-order chi connectivity index (χ1) is 25.7. The molecule has 1 aliphatic rings. The van der Waals surface area contributed by atoms with Crippen LogP contribution < -0.4 is 16.0 Å². The Hall–Kier alpha value is -5.20. The number of hydrogen-bond acceptors (Lipinski definition) is 8. The number of imidazole rings is 1. The zero-order valence-electron chi connectivity index (χ0n) is 31.2. The summed E-state index contributed by atoms with van der Waals surface area (Å²) in [7, 11) is 3.07. The molecule has 3 amide bonds. The summed E-state index contributed by atoms with van der Waals surface area (Å²) in [6, 6.07) is 19.4. The van der Waals surface area contributed by atoms with Gasteiger partial charge in [0, 0.05) is 44.7 Å². The van der Waals surface area contributed by atoms with Gasteiger partial charge in [-0.05, 0) is 73.7 Å². The molecular formula is C41H49N7O4S. The first-order valence-electron chi connectivity index (χ1n) is 18.3. The maximum atomic E-state index is 12.9. The highest BCUT2D eigenvalue weighted by Crippen LogP contribution is 2.40. The minimum atomic E-state index is -0.641. The fourth-order valence-corrected chi connectivity index (χ4v) is 8.51. The van der Waals surface area contributed by atoms with Gasteiger partial charge in [-0.2, -0.15) is 0 Å². The van der Waals surface area contributed by atoms with Crippen molar-refractivity contribution in [1.82, 2.24) is 35.7 Å². The fourth-order valence-electron chi connectivity index (χ4n) is 7.33. The third-order valence-corrected chi connectivity index (χ3v) is 11.1. The van der Waals surface area contributed by atoms with Crippen molar-refractivity contribution < 1.29 is 19.1 Å². The Morgan fingerprint density at radius 2 is 1.79 bits per heavy atom. The maximum Gasteiger partial charge on any atom is 0.407 e. The van der Waals surface area contributed by atoms with Crippen molar-refractivity contribution in [2.24, 2.45) is 5.92 Å². The first-order valence-corrected chi connectivity index (χ1v) is 19.1. The van der Waals surface area contributed by atoms with Gasteiger partial charge >= 0.3 is 6.09 Å². The van der Waals surface area contributed by atoms with Crippen molar-refractivity contribution in [3.63, 3.8) is 0 Å². The van der Waals surface area contributed by atoms with E-state index in [-0.39, 0.29) is 24.4 Å². The minimum absolute atomic E-state index is 0.0466. The van der Waals surface area contributed by atoms with Gasteiger partial charge in [-0.25, -0.2) is 9.78 Å². The number of aromatic nitrogens is 2. The average Bonchev–Trinajstić information content (AvgIpc) is 3.89. The number of nitrogens with one attached hydrogen (secondary N) is 4. The van der Waals surface area contributed by atoms with Crippen molar-refractivity contribution in [2.45, 2.75) is 46.1 Å². The predicted octanol–water partition coefficient (Wildman–Crippen LogP) is 7.18. The van der Waals surface area contributed by atoms with Gasteiger partial charge in [0.2, 0.25) is 11.8 Å². The molecule has 11 nitrogen and oxygen atoms in total. The van der Waals surface area contributed by atoms with Crippen molar-refractivity contribution >= 4 is 66.1 Å². The number of carbonyl (C=O) groups excluding carboxylic acids is 3. The Morgan fingerprint density at radius 3 is 2.51 bits per heavy atom. The summed E-state index contributed by atoms with van der Waals surface area (Å²) in [6.45, 7) is 12.1. The zero-order chi connectivity index (χ0) is 37.6. The molecule has 53 heavy (non-hydrogen) atoms. The number of likely N-dealkylation sites (N-methyl/N-ethyl adjacent to an activating group) is 1. The summed E-state index contributed by atoms with van der Waals surface area (Å²) in [6.07, 6.45) is 4.12. The molecule has 1 fully saturated rings. The van der Waals surface area contributed by atoms with Crippen LogP contribution in [0.25, 0.3) is 48.0 Å². The van der Waals surface area contributed by atoms with Crippen LogP contribution in [0.1, 0.15) is 57.5 Å². The van der Waals surface area contributed by atoms with Gasteiger partial charge in [-0.3, -0.25) is 9.59 Å². The number of carbonyl (C=O) groups is 3. The molecule has 0 unspecified atom stereocenters. The predicted molar refractivity (Wildman–Crippen MR) is 214 cm³/mol. The molecule has 1 aliphatic heterocycles. The number of alkyl carbamates (subject to hydrolysis) is 1. The van der Waals surface area contributed by atoms with Crippen molar-refractivity contribution in [3.05, 3.63) is 84.3 Å². The Labute approximate surface area is 314 Å². The molecule has 0 aliphatic carbocycles. The second-order valence-corrected chi connectivity index (χ2v) is 14.6. The Morgan fingerprint density at radius 1 is 1.06 bits per heavy atom. The number of fused-ring (bicyclic) bond motifs is 4. The number of allylic oxidation sites excluding steroid dienone is 1. The standard InChI is InChI=1S/C41H49N7O4S/c1-7-17-47(37(49)23-43-41(51)52-6)24-25(4)44-32(9-3)29-11-14-31-30-13-10-28(20-35(30)53-36(31)21-29)27-12-15-33-34(19-27)46-40(45-33)39-26(8-2)16-18-48(39)38(50)22-42-5/h9-15,19-21,26,39,42,44H,4,7-8,16-18,22-24H2,1-3,5-6H3,(H,43,51)(H,45,46)/b32-9-/t26-,39+/m1/s1. The maximum absolute atomic E-state index is 12.9. The van der Waals surface area contributed by atoms with Gasteiger partial charge < -0.3 is 35.5 Å². The van der Waals surface area contributed by atoms with E-state index in [0.29, 0.717) is 31.2 Å². The van der Waals surface area contributed by atoms with Crippen molar-refractivity contribution in [2.75, 3.05) is 46.9 Å². The summed E-state index contributed by atoms with van der Waals surface area (Å²) in [5.41, 5.74) is 6.69. The van der Waals surface area contributed by atoms with Gasteiger partial charge in [0.1, 0.15) is 12.4 Å². The number of likely N-dealkylation sites (tertiary alicyclic amines) is 1. The summed E-state index contributed by atoms with van der Waals surface area (Å²) in [5.74, 6) is 1.14. The van der Waals surface area contributed by atoms with Crippen LogP contribution in [0.2, 0.25) is 0 Å². The molecule has 0 bridgehead atoms. The normalized spacial score (nSPS) is 16.0. The molecule has 2 atom stereocenters. The van der Waals surface area contributed by atoms with Crippen molar-refractivity contribution in [3.8, 4) is 11.1 Å². The first kappa shape index (κ1) is 37.6. The number of hydrogen-bond donors (Lipinski definition) is 4. The van der Waals surface area contributed by atoms with E-state index in [2.05, 4.69) is 93.8 Å². The number of ether oxygens (including phenoxy) is 1. The molecule has 0 radical (unpaired) electrons. The summed E-state index contributed by atoms with van der Waals surface area (Å²) < 4.78 is 6.96. The van der Waals surface area contributed by atoms with E-state index in [1.54, 1.807) is 23.3 Å². The van der Waals surface area contributed by atoms with Gasteiger partial charge in [0.05, 0.1) is 37.3 Å². The lowest BCUT2D eigenvalue weighted by Crippen LogP contribution is -2.42. The van der Waals surface area contributed by atoms with E-state index in [9.17, 15) is 14.4 Å². The molecule has 12 heteroatoms. The number of nitrogens with zero attached hydrogens (tertiary/aromatic N) is 3. The third kappa shape index (κ3) is 8.08. The Bertz CT molecular complexity index is 2190. The van der Waals surface area contributed by atoms with Gasteiger partial charge in [0.25, 0.3) is 0 Å². The van der Waals surface area contributed by atoms with Gasteiger partial charge in [-0.15, -0.1) is 11.3 Å². The third-order valence-electron chi connectivity index (χ3n) is 9.99. The molecule has 4 N–H and O–H groups in total. The van der Waals surface area contributed by atoms with Crippen LogP contribution in [0, 0.1) is 5.92 Å². The highest BCUT2D eigenvalue weighted by Gasteiger charge is 2.38. The summed E-state index contributed by atoms with van der Waals surface area (Å²) in [5, 5.41) is 11.3. The van der Waals surface area contributed by atoms with Gasteiger partial charge in [0.15, 0.2) is 0 Å². The second kappa shape index (κ2) is 16.6. The van der Waals surface area contributed by atoms with E-state index in [1.165, 1.54) is 27.3 Å². The van der Waals surface area contributed by atoms with Crippen LogP contribution in [0.5, 0.6) is 0 Å². The summed E-state index contributed by atoms with van der Waals surface area (Å²) >= 11 is 1.76. The fraction of sp³-hybridized carbons (Fsp3) is 0.366. The second-order valence-electron chi connectivity index (χ2n) is 13.5. The molecule has 278 valence electrons. The molecule has 1 saturated heterocycles. The number of amides is 3. The van der Waals surface area contributed by atoms with Crippen LogP contribution >= 0.6 is 11.3 Å². The minimum Gasteiger partial charge on any atom is -0.453 e. The smallest absolute Gasteiger partial charge is 0.407 e. The number of thiophene rings is 1. The van der Waals surface area contributed by atoms with Crippen LogP contribution in [0.4, 0.5) is 4.79 Å². The van der Waals surface area contributed by atoms with E-state index >= 15 is 0 Å². The molecule has 0 spiro atoms. The lowest BCUT2D eigenvalue weighted by Gasteiger charge is -2.26. The zero-order valence-corrected chi connectivity index (χ0v) is 32.0. The number of H-pyrrole nitrogens is 1. The lowest BCUT2D eigenvalue weighted by molar-refractivity contribution is -0.131. The molecule has 3 aromatic carbocycles. The van der Waals surface area contributed by atoms with E-state index in [1.807, 2.05) is 24.8 Å². The van der Waals surface area contributed by atoms with Gasteiger partial charge in [-0.1, -0.05) is 63.3 Å². The number of rotatable bonds is 14. The van der Waals surface area contributed by atoms with Crippen LogP contribution in [0.3, 0.4) is 0 Å². The molecule has 6 rings (SSSR count). The Kier molecular flexibility index (Phi) is 11.8. The number of aromatic amines is 1. The molecule has 5 aromatic rings. The van der Waals surface area contributed by atoms with Crippen LogP contribution in [0.15, 0.2) is 72.9 Å². The lowest BCUT2D eigenvalue weighted by atomic mass is 9.97. The number of methoxy groups -OCH3 is 1. The largest absolute Gasteiger partial charge is 0.453 e. The average molecular weight is 736 g/mol. The van der Waals surface area contributed by atoms with Crippen LogP contribution in [-0.2, 0) is 14.3 Å². The molecule has 2 aromatic heterocycles. The SMILES string of the molecule is C=C(CN(CCC)C(=O)CNC(=O)OC)N/C(=C\C)c1ccc2c(c1)sc1cc(-c3ccc4nc([C@@H]5[C@H](CC)CCN5C(=O)CNC)[nH]c4c3)ccc12. The highest BCUT2D eigenvalue weighted by atomic mass is 32.1. The van der Waals surface area contributed by atoms with E-state index < -0.39 is 6.09 Å². The Balaban J connectivity index is 1.20. The summed E-state index contributed by atoms with van der Waals surface area (Å²) in [4.78, 5) is 49.4. The van der Waals surface area contributed by atoms with E-state index in [4.69, 9.17) is 4.98 Å².